The molecule has 4 rings (SSSR count). The molecule has 2 aromatic heterocycles. The van der Waals surface area contributed by atoms with Crippen LogP contribution in [0.4, 0.5) is 5.69 Å². The zero-order valence-corrected chi connectivity index (χ0v) is 15.7. The molecule has 0 bridgehead atoms. The molecule has 2 N–H and O–H groups in total. The van der Waals surface area contributed by atoms with Gasteiger partial charge in [0.05, 0.1) is 17.8 Å². The molecule has 1 fully saturated rings. The Morgan fingerprint density at radius 2 is 2.19 bits per heavy atom. The van der Waals surface area contributed by atoms with Gasteiger partial charge in [-0.2, -0.15) is 5.10 Å². The summed E-state index contributed by atoms with van der Waals surface area (Å²) in [5, 5.41) is 10.6. The van der Waals surface area contributed by atoms with Crippen molar-refractivity contribution in [3.8, 4) is 11.5 Å². The van der Waals surface area contributed by atoms with Gasteiger partial charge in [-0.1, -0.05) is 6.07 Å². The summed E-state index contributed by atoms with van der Waals surface area (Å²) >= 11 is 0. The van der Waals surface area contributed by atoms with Gasteiger partial charge in [-0.15, -0.1) is 0 Å². The molecule has 2 atom stereocenters. The first kappa shape index (κ1) is 17.5. The van der Waals surface area contributed by atoms with Crippen molar-refractivity contribution in [2.45, 2.75) is 19.8 Å². The fraction of sp³-hybridized carbons (Fsp3) is 0.350. The van der Waals surface area contributed by atoms with E-state index in [1.165, 1.54) is 0 Å². The lowest BCUT2D eigenvalue weighted by Crippen LogP contribution is -2.28. The topological polar surface area (TPSA) is 85.0 Å². The first-order valence-corrected chi connectivity index (χ1v) is 9.04. The number of oxazole rings is 1. The molecule has 0 radical (unpaired) electrons. The molecular weight excluding hydrogens is 342 g/mol. The molecule has 0 unspecified atom stereocenters. The Morgan fingerprint density at radius 1 is 1.33 bits per heavy atom. The van der Waals surface area contributed by atoms with Gasteiger partial charge < -0.3 is 15.1 Å². The first-order valence-electron chi connectivity index (χ1n) is 9.04. The van der Waals surface area contributed by atoms with E-state index in [-0.39, 0.29) is 17.7 Å². The average molecular weight is 365 g/mol. The molecule has 1 aliphatic rings. The quantitative estimate of drug-likeness (QED) is 0.742. The summed E-state index contributed by atoms with van der Waals surface area (Å²) in [7, 11) is 1.89. The average Bonchev–Trinajstić information content (AvgIpc) is 3.37. The molecule has 1 saturated heterocycles. The fourth-order valence-electron chi connectivity index (χ4n) is 3.58. The lowest BCUT2D eigenvalue weighted by Gasteiger charge is -2.17. The zero-order chi connectivity index (χ0) is 19.0. The summed E-state index contributed by atoms with van der Waals surface area (Å²) in [5.41, 5.74) is 4.59. The van der Waals surface area contributed by atoms with E-state index in [2.05, 4.69) is 20.7 Å². The molecule has 7 nitrogen and oxygen atoms in total. The highest BCUT2D eigenvalue weighted by molar-refractivity contribution is 5.94. The maximum atomic E-state index is 12.9. The van der Waals surface area contributed by atoms with Gasteiger partial charge in [0, 0.05) is 43.5 Å². The van der Waals surface area contributed by atoms with Crippen LogP contribution >= 0.6 is 0 Å². The lowest BCUT2D eigenvalue weighted by atomic mass is 9.90. The molecule has 7 heteroatoms. The van der Waals surface area contributed by atoms with Crippen LogP contribution in [-0.2, 0) is 11.8 Å². The summed E-state index contributed by atoms with van der Waals surface area (Å²) in [5.74, 6) is 0.560. The predicted molar refractivity (Wildman–Crippen MR) is 102 cm³/mol. The van der Waals surface area contributed by atoms with Crippen molar-refractivity contribution in [2.24, 2.45) is 13.0 Å². The number of hydrogen-bond acceptors (Lipinski definition) is 5. The number of hydrogen-bond donors (Lipinski definition) is 2. The van der Waals surface area contributed by atoms with Crippen LogP contribution in [-0.4, -0.2) is 33.8 Å². The van der Waals surface area contributed by atoms with Crippen LogP contribution in [0.2, 0.25) is 0 Å². The van der Waals surface area contributed by atoms with Crippen LogP contribution in [0.15, 0.2) is 41.3 Å². The van der Waals surface area contributed by atoms with Gasteiger partial charge in [-0.3, -0.25) is 9.48 Å². The zero-order valence-electron chi connectivity index (χ0n) is 15.7. The highest BCUT2D eigenvalue weighted by Gasteiger charge is 2.34. The molecule has 3 aromatic rings. The van der Waals surface area contributed by atoms with Crippen molar-refractivity contribution in [1.82, 2.24) is 20.1 Å². The highest BCUT2D eigenvalue weighted by Crippen LogP contribution is 2.30. The smallest absolute Gasteiger partial charge is 0.229 e. The number of carbonyl (C=O) groups is 1. The molecular formula is C20H23N5O2. The number of aromatic nitrogens is 3. The van der Waals surface area contributed by atoms with E-state index in [9.17, 15) is 4.79 Å². The summed E-state index contributed by atoms with van der Waals surface area (Å²) < 4.78 is 7.30. The monoisotopic (exact) mass is 365 g/mol. The summed E-state index contributed by atoms with van der Waals surface area (Å²) in [4.78, 5) is 17.3. The highest BCUT2D eigenvalue weighted by atomic mass is 16.3. The third-order valence-electron chi connectivity index (χ3n) is 5.06. The van der Waals surface area contributed by atoms with Crippen LogP contribution in [0.3, 0.4) is 0 Å². The van der Waals surface area contributed by atoms with Crippen LogP contribution in [0.1, 0.15) is 22.7 Å². The molecule has 0 spiro atoms. The Kier molecular flexibility index (Phi) is 4.53. The number of carbonyl (C=O) groups excluding carboxylic acids is 1. The largest absolute Gasteiger partial charge is 0.444 e. The third kappa shape index (κ3) is 3.50. The molecule has 140 valence electrons. The van der Waals surface area contributed by atoms with Crippen molar-refractivity contribution in [2.75, 3.05) is 18.4 Å². The standard InChI is InChI=1S/C20H23N5O2/c1-12-4-5-15(6-16(12)20-23-13(2)11-27-20)24-19(26)18-9-21-8-17(18)14-7-22-25(3)10-14/h4-7,10-11,17-18,21H,8-9H2,1-3H3,(H,24,26)/t17-,18+/m1/s1. The van der Waals surface area contributed by atoms with Crippen LogP contribution in [0.25, 0.3) is 11.5 Å². The second kappa shape index (κ2) is 7.00. The van der Waals surface area contributed by atoms with Crippen molar-refractivity contribution in [3.63, 3.8) is 0 Å². The van der Waals surface area contributed by atoms with Gasteiger partial charge in [0.2, 0.25) is 11.8 Å². The third-order valence-corrected chi connectivity index (χ3v) is 5.06. The van der Waals surface area contributed by atoms with Gasteiger partial charge in [0.1, 0.15) is 6.26 Å². The number of amides is 1. The summed E-state index contributed by atoms with van der Waals surface area (Å²) in [6.45, 7) is 5.32. The van der Waals surface area contributed by atoms with Crippen LogP contribution < -0.4 is 10.6 Å². The van der Waals surface area contributed by atoms with Gasteiger partial charge >= 0.3 is 0 Å². The Bertz CT molecular complexity index is 974. The number of rotatable bonds is 4. The Hall–Kier alpha value is -2.93. The van der Waals surface area contributed by atoms with Crippen molar-refractivity contribution in [3.05, 3.63) is 53.7 Å². The minimum Gasteiger partial charge on any atom is -0.444 e. The normalized spacial score (nSPS) is 19.4. The maximum Gasteiger partial charge on any atom is 0.229 e. The Labute approximate surface area is 157 Å². The van der Waals surface area contributed by atoms with Gasteiger partial charge in [0.15, 0.2) is 0 Å². The molecule has 1 aliphatic heterocycles. The number of anilines is 1. The molecule has 3 heterocycles. The molecule has 0 aliphatic carbocycles. The molecule has 27 heavy (non-hydrogen) atoms. The van der Waals surface area contributed by atoms with Crippen LogP contribution in [0, 0.1) is 19.8 Å². The first-order chi connectivity index (χ1) is 13.0. The second-order valence-electron chi connectivity index (χ2n) is 7.13. The number of benzene rings is 1. The number of aryl methyl sites for hydroxylation is 3. The fourth-order valence-corrected chi connectivity index (χ4v) is 3.58. The van der Waals surface area contributed by atoms with E-state index in [1.54, 1.807) is 10.9 Å². The second-order valence-corrected chi connectivity index (χ2v) is 7.13. The molecule has 1 amide bonds. The maximum absolute atomic E-state index is 12.9. The van der Waals surface area contributed by atoms with E-state index >= 15 is 0 Å². The van der Waals surface area contributed by atoms with E-state index in [0.29, 0.717) is 12.4 Å². The Morgan fingerprint density at radius 3 is 2.89 bits per heavy atom. The van der Waals surface area contributed by atoms with Gasteiger partial charge in [-0.05, 0) is 37.1 Å². The van der Waals surface area contributed by atoms with Gasteiger partial charge in [0.25, 0.3) is 0 Å². The van der Waals surface area contributed by atoms with Crippen molar-refractivity contribution in [1.29, 1.82) is 0 Å². The lowest BCUT2D eigenvalue weighted by molar-refractivity contribution is -0.119. The predicted octanol–water partition coefficient (Wildman–Crippen LogP) is 2.63. The van der Waals surface area contributed by atoms with Gasteiger partial charge in [-0.25, -0.2) is 4.98 Å². The van der Waals surface area contributed by atoms with Crippen LogP contribution in [0.5, 0.6) is 0 Å². The van der Waals surface area contributed by atoms with Crippen molar-refractivity contribution >= 4 is 11.6 Å². The van der Waals surface area contributed by atoms with Crippen molar-refractivity contribution < 1.29 is 9.21 Å². The minimum absolute atomic E-state index is 0.00670. The number of nitrogens with one attached hydrogen (secondary N) is 2. The van der Waals surface area contributed by atoms with E-state index in [4.69, 9.17) is 4.42 Å². The summed E-state index contributed by atoms with van der Waals surface area (Å²) in [6.07, 6.45) is 5.45. The van der Waals surface area contributed by atoms with E-state index < -0.39 is 0 Å². The number of nitrogens with zero attached hydrogens (tertiary/aromatic N) is 3. The SMILES string of the molecule is Cc1coc(-c2cc(NC(=O)[C@H]3CNC[C@@H]3c3cnn(C)c3)ccc2C)n1. The molecule has 0 saturated carbocycles. The molecule has 1 aromatic carbocycles. The van der Waals surface area contributed by atoms with E-state index in [1.807, 2.05) is 51.5 Å². The minimum atomic E-state index is -0.136. The Balaban J connectivity index is 1.54. The summed E-state index contributed by atoms with van der Waals surface area (Å²) in [6, 6.07) is 5.80. The van der Waals surface area contributed by atoms with E-state index in [0.717, 1.165) is 34.6 Å².